The van der Waals surface area contributed by atoms with Gasteiger partial charge in [0.15, 0.2) is 0 Å². The molecule has 1 aromatic heterocycles. The summed E-state index contributed by atoms with van der Waals surface area (Å²) < 4.78 is 0. The average Bonchev–Trinajstić information content (AvgIpc) is 3.11. The number of nitrogens with one attached hydrogen (secondary N) is 1. The molecule has 80 valence electrons. The van der Waals surface area contributed by atoms with Gasteiger partial charge in [-0.25, -0.2) is 9.97 Å². The van der Waals surface area contributed by atoms with Crippen LogP contribution in [0.1, 0.15) is 41.5 Å². The van der Waals surface area contributed by atoms with Gasteiger partial charge in [0.2, 0.25) is 0 Å². The Morgan fingerprint density at radius 1 is 1.33 bits per heavy atom. The van der Waals surface area contributed by atoms with Gasteiger partial charge in [-0.3, -0.25) is 0 Å². The molecule has 1 saturated carbocycles. The smallest absolute Gasteiger partial charge is 0.132 e. The summed E-state index contributed by atoms with van der Waals surface area (Å²) in [5, 5.41) is 3.34. The van der Waals surface area contributed by atoms with E-state index >= 15 is 0 Å². The van der Waals surface area contributed by atoms with Crippen molar-refractivity contribution in [1.82, 2.24) is 15.3 Å². The van der Waals surface area contributed by atoms with Crippen LogP contribution in [0.2, 0.25) is 0 Å². The maximum absolute atomic E-state index is 5.75. The highest BCUT2D eigenvalue weighted by atomic mass is 15.0. The fourth-order valence-electron chi connectivity index (χ4n) is 2.13. The highest BCUT2D eigenvalue weighted by Crippen LogP contribution is 2.38. The zero-order chi connectivity index (χ0) is 10.3. The van der Waals surface area contributed by atoms with Gasteiger partial charge in [-0.15, -0.1) is 0 Å². The Morgan fingerprint density at radius 3 is 2.93 bits per heavy atom. The maximum atomic E-state index is 5.75. The molecule has 4 nitrogen and oxygen atoms in total. The van der Waals surface area contributed by atoms with Crippen LogP contribution >= 0.6 is 0 Å². The van der Waals surface area contributed by atoms with Gasteiger partial charge in [0.25, 0.3) is 0 Å². The summed E-state index contributed by atoms with van der Waals surface area (Å²) >= 11 is 0. The number of nitrogens with zero attached hydrogens (tertiary/aromatic N) is 2. The Kier molecular flexibility index (Phi) is 2.18. The molecule has 0 saturated heterocycles. The van der Waals surface area contributed by atoms with Crippen molar-refractivity contribution in [3.63, 3.8) is 0 Å². The molecule has 0 atom stereocenters. The lowest BCUT2D eigenvalue weighted by Crippen LogP contribution is -2.27. The molecule has 0 radical (unpaired) electrons. The van der Waals surface area contributed by atoms with Crippen molar-refractivity contribution >= 4 is 0 Å². The monoisotopic (exact) mass is 204 g/mol. The van der Waals surface area contributed by atoms with Gasteiger partial charge in [-0.05, 0) is 12.8 Å². The number of hydrogen-bond acceptors (Lipinski definition) is 4. The molecule has 1 aliphatic carbocycles. The number of rotatable bonds is 2. The third kappa shape index (κ3) is 1.64. The molecule has 3 rings (SSSR count). The molecule has 3 N–H and O–H groups in total. The fraction of sp³-hybridized carbons (Fsp3) is 0.636. The second kappa shape index (κ2) is 3.54. The Labute approximate surface area is 89.3 Å². The van der Waals surface area contributed by atoms with Crippen molar-refractivity contribution in [2.24, 2.45) is 5.73 Å². The normalized spacial score (nSPS) is 20.1. The Morgan fingerprint density at radius 2 is 2.20 bits per heavy atom. The molecule has 0 amide bonds. The molecule has 1 aliphatic heterocycles. The standard InChI is InChI=1S/C11H16N4/c12-5-10-8-6-13-4-3-9(8)14-11(15-10)7-1-2-7/h7,13H,1-6,12H2. The van der Waals surface area contributed by atoms with Gasteiger partial charge in [0.1, 0.15) is 5.82 Å². The Balaban J connectivity index is 2.06. The van der Waals surface area contributed by atoms with Crippen molar-refractivity contribution in [2.45, 2.75) is 38.3 Å². The van der Waals surface area contributed by atoms with Crippen LogP contribution in [-0.4, -0.2) is 16.5 Å². The lowest BCUT2D eigenvalue weighted by Gasteiger charge is -2.19. The van der Waals surface area contributed by atoms with Crippen molar-refractivity contribution in [1.29, 1.82) is 0 Å². The summed E-state index contributed by atoms with van der Waals surface area (Å²) in [7, 11) is 0. The van der Waals surface area contributed by atoms with Crippen molar-refractivity contribution in [2.75, 3.05) is 6.54 Å². The maximum Gasteiger partial charge on any atom is 0.132 e. The second-order valence-electron chi connectivity index (χ2n) is 4.36. The lowest BCUT2D eigenvalue weighted by atomic mass is 10.0. The predicted molar refractivity (Wildman–Crippen MR) is 57.3 cm³/mol. The first-order chi connectivity index (χ1) is 7.38. The highest BCUT2D eigenvalue weighted by Gasteiger charge is 2.28. The van der Waals surface area contributed by atoms with Gasteiger partial charge >= 0.3 is 0 Å². The van der Waals surface area contributed by atoms with Crippen LogP contribution < -0.4 is 11.1 Å². The zero-order valence-electron chi connectivity index (χ0n) is 8.79. The minimum absolute atomic E-state index is 0.534. The number of hydrogen-bond donors (Lipinski definition) is 2. The summed E-state index contributed by atoms with van der Waals surface area (Å²) in [5.41, 5.74) is 9.27. The third-order valence-electron chi connectivity index (χ3n) is 3.17. The molecule has 0 bridgehead atoms. The summed E-state index contributed by atoms with van der Waals surface area (Å²) in [6, 6.07) is 0. The van der Waals surface area contributed by atoms with Crippen molar-refractivity contribution in [3.8, 4) is 0 Å². The molecule has 0 unspecified atom stereocenters. The first kappa shape index (κ1) is 9.24. The molecule has 15 heavy (non-hydrogen) atoms. The van der Waals surface area contributed by atoms with Gasteiger partial charge in [0, 0.05) is 37.5 Å². The van der Waals surface area contributed by atoms with Gasteiger partial charge in [-0.1, -0.05) is 0 Å². The van der Waals surface area contributed by atoms with Crippen molar-refractivity contribution < 1.29 is 0 Å². The second-order valence-corrected chi connectivity index (χ2v) is 4.36. The minimum atomic E-state index is 0.534. The van der Waals surface area contributed by atoms with E-state index in [0.29, 0.717) is 12.5 Å². The van der Waals surface area contributed by atoms with Gasteiger partial charge in [0.05, 0.1) is 11.4 Å². The molecule has 1 fully saturated rings. The van der Waals surface area contributed by atoms with E-state index < -0.39 is 0 Å². The molecule has 2 aliphatic rings. The van der Waals surface area contributed by atoms with Crippen LogP contribution in [-0.2, 0) is 19.5 Å². The first-order valence-electron chi connectivity index (χ1n) is 5.68. The zero-order valence-corrected chi connectivity index (χ0v) is 8.79. The molecular weight excluding hydrogens is 188 g/mol. The number of aromatic nitrogens is 2. The quantitative estimate of drug-likeness (QED) is 0.734. The van der Waals surface area contributed by atoms with Crippen LogP contribution in [0.5, 0.6) is 0 Å². The SMILES string of the molecule is NCc1nc(C2CC2)nc2c1CNCC2. The van der Waals surface area contributed by atoms with Crippen LogP contribution in [0.25, 0.3) is 0 Å². The Bertz CT molecular complexity index is 367. The third-order valence-corrected chi connectivity index (χ3v) is 3.17. The van der Waals surface area contributed by atoms with E-state index in [1.54, 1.807) is 0 Å². The van der Waals surface area contributed by atoms with Crippen molar-refractivity contribution in [3.05, 3.63) is 22.8 Å². The van der Waals surface area contributed by atoms with Crippen LogP contribution in [0, 0.1) is 0 Å². The van der Waals surface area contributed by atoms with Crippen LogP contribution in [0.4, 0.5) is 0 Å². The summed E-state index contributed by atoms with van der Waals surface area (Å²) in [5.74, 6) is 1.66. The molecule has 0 spiro atoms. The molecule has 0 aromatic carbocycles. The van der Waals surface area contributed by atoms with E-state index in [4.69, 9.17) is 5.73 Å². The van der Waals surface area contributed by atoms with Gasteiger partial charge < -0.3 is 11.1 Å². The van der Waals surface area contributed by atoms with Gasteiger partial charge in [-0.2, -0.15) is 0 Å². The van der Waals surface area contributed by atoms with E-state index in [-0.39, 0.29) is 0 Å². The molecular formula is C11H16N4. The van der Waals surface area contributed by atoms with E-state index in [0.717, 1.165) is 31.0 Å². The summed E-state index contributed by atoms with van der Waals surface area (Å²) in [4.78, 5) is 9.27. The number of nitrogens with two attached hydrogens (primary N) is 1. The largest absolute Gasteiger partial charge is 0.325 e. The van der Waals surface area contributed by atoms with Crippen LogP contribution in [0.15, 0.2) is 0 Å². The average molecular weight is 204 g/mol. The topological polar surface area (TPSA) is 63.8 Å². The van der Waals surface area contributed by atoms with E-state index in [1.165, 1.54) is 24.1 Å². The molecule has 1 aromatic rings. The minimum Gasteiger partial charge on any atom is -0.325 e. The van der Waals surface area contributed by atoms with E-state index in [1.807, 2.05) is 0 Å². The lowest BCUT2D eigenvalue weighted by molar-refractivity contribution is 0.609. The van der Waals surface area contributed by atoms with E-state index in [9.17, 15) is 0 Å². The summed E-state index contributed by atoms with van der Waals surface area (Å²) in [6.07, 6.45) is 3.52. The fourth-order valence-corrected chi connectivity index (χ4v) is 2.13. The first-order valence-corrected chi connectivity index (χ1v) is 5.68. The summed E-state index contributed by atoms with van der Waals surface area (Å²) in [6.45, 7) is 2.44. The molecule has 2 heterocycles. The molecule has 4 heteroatoms. The highest BCUT2D eigenvalue weighted by molar-refractivity contribution is 5.29. The van der Waals surface area contributed by atoms with Crippen LogP contribution in [0.3, 0.4) is 0 Å². The Hall–Kier alpha value is -1.00. The predicted octanol–water partition coefficient (Wildman–Crippen LogP) is 0.458. The van der Waals surface area contributed by atoms with E-state index in [2.05, 4.69) is 15.3 Å². The number of fused-ring (bicyclic) bond motifs is 1.